The Morgan fingerprint density at radius 3 is 2.08 bits per heavy atom. The molecule has 6 nitrogen and oxygen atoms in total. The molecule has 4 rings (SSSR count). The minimum absolute atomic E-state index is 0.0566. The highest BCUT2D eigenvalue weighted by molar-refractivity contribution is 7.92. The summed E-state index contributed by atoms with van der Waals surface area (Å²) in [5.74, 6) is -0.260. The molecule has 36 heavy (non-hydrogen) atoms. The highest BCUT2D eigenvalue weighted by Crippen LogP contribution is 2.31. The van der Waals surface area contributed by atoms with E-state index < -0.39 is 10.0 Å². The molecule has 1 heterocycles. The fourth-order valence-electron chi connectivity index (χ4n) is 3.64. The van der Waals surface area contributed by atoms with Gasteiger partial charge in [-0.05, 0) is 77.7 Å². The van der Waals surface area contributed by atoms with Gasteiger partial charge in [-0.15, -0.1) is 0 Å². The van der Waals surface area contributed by atoms with Crippen molar-refractivity contribution in [1.82, 2.24) is 4.98 Å². The molecule has 0 aliphatic rings. The van der Waals surface area contributed by atoms with Crippen LogP contribution in [0.3, 0.4) is 0 Å². The van der Waals surface area contributed by atoms with Gasteiger partial charge in [0.2, 0.25) is 10.0 Å². The second-order valence-corrected chi connectivity index (χ2v) is 11.0. The summed E-state index contributed by atoms with van der Waals surface area (Å²) in [5.41, 5.74) is 4.45. The molecule has 0 bridgehead atoms. The topological polar surface area (TPSA) is 79.4 Å². The van der Waals surface area contributed by atoms with Crippen molar-refractivity contribution >= 4 is 50.5 Å². The molecule has 0 radical (unpaired) electrons. The van der Waals surface area contributed by atoms with Crippen LogP contribution < -0.4 is 9.62 Å². The highest BCUT2D eigenvalue weighted by Gasteiger charge is 2.21. The van der Waals surface area contributed by atoms with Crippen LogP contribution in [-0.4, -0.2) is 25.6 Å². The van der Waals surface area contributed by atoms with E-state index in [0.717, 1.165) is 23.8 Å². The van der Waals surface area contributed by atoms with Gasteiger partial charge in [0.05, 0.1) is 23.5 Å². The lowest BCUT2D eigenvalue weighted by atomic mass is 10.1. The lowest BCUT2D eigenvalue weighted by Crippen LogP contribution is -2.29. The molecule has 3 aromatic carbocycles. The zero-order chi connectivity index (χ0) is 25.7. The number of amides is 1. The molecule has 0 aliphatic heterocycles. The fourth-order valence-corrected chi connectivity index (χ4v) is 5.10. The number of nitrogens with zero attached hydrogens (tertiary/aromatic N) is 2. The monoisotopic (exact) mass is 539 g/mol. The Hall–Kier alpha value is -3.39. The zero-order valence-electron chi connectivity index (χ0n) is 19.4. The Balaban J connectivity index is 1.42. The van der Waals surface area contributed by atoms with E-state index >= 15 is 0 Å². The van der Waals surface area contributed by atoms with Crippen molar-refractivity contribution in [3.8, 4) is 0 Å². The van der Waals surface area contributed by atoms with Gasteiger partial charge in [0.15, 0.2) is 0 Å². The molecule has 0 unspecified atom stereocenters. The van der Waals surface area contributed by atoms with Crippen molar-refractivity contribution in [2.75, 3.05) is 15.9 Å². The molecule has 0 aliphatic carbocycles. The number of anilines is 2. The third-order valence-corrected chi connectivity index (χ3v) is 7.15. The first kappa shape index (κ1) is 25.7. The number of pyridine rings is 1. The number of sulfonamides is 1. The summed E-state index contributed by atoms with van der Waals surface area (Å²) in [6.45, 7) is 0.0566. The average molecular weight is 540 g/mol. The molecule has 0 saturated heterocycles. The van der Waals surface area contributed by atoms with Crippen LogP contribution in [0.25, 0.3) is 0 Å². The molecule has 0 fully saturated rings. The summed E-state index contributed by atoms with van der Waals surface area (Å²) in [4.78, 5) is 16.8. The van der Waals surface area contributed by atoms with E-state index in [1.54, 1.807) is 48.8 Å². The molecule has 4 aromatic rings. The number of carbonyl (C=O) groups is 1. The predicted molar refractivity (Wildman–Crippen MR) is 145 cm³/mol. The molecule has 1 amide bonds. The zero-order valence-corrected chi connectivity index (χ0v) is 21.7. The van der Waals surface area contributed by atoms with E-state index in [-0.39, 0.29) is 17.5 Å². The Kier molecular flexibility index (Phi) is 7.94. The number of nitrogens with one attached hydrogen (secondary N) is 1. The van der Waals surface area contributed by atoms with Gasteiger partial charge in [0, 0.05) is 28.7 Å². The molecular weight excluding hydrogens is 517 g/mol. The number of benzene rings is 3. The number of aromatic nitrogens is 1. The maximum absolute atomic E-state index is 12.7. The van der Waals surface area contributed by atoms with Gasteiger partial charge in [0.1, 0.15) is 0 Å². The van der Waals surface area contributed by atoms with E-state index in [1.807, 2.05) is 36.4 Å². The van der Waals surface area contributed by atoms with E-state index in [2.05, 4.69) is 10.3 Å². The fraction of sp³-hybridized carbons (Fsp3) is 0.111. The minimum Gasteiger partial charge on any atom is -0.322 e. The van der Waals surface area contributed by atoms with Gasteiger partial charge >= 0.3 is 0 Å². The number of hydrogen-bond donors (Lipinski definition) is 1. The van der Waals surface area contributed by atoms with Gasteiger partial charge in [-0.3, -0.25) is 14.1 Å². The van der Waals surface area contributed by atoms with Crippen molar-refractivity contribution in [1.29, 1.82) is 0 Å². The molecule has 0 saturated carbocycles. The van der Waals surface area contributed by atoms with Gasteiger partial charge in [-0.25, -0.2) is 8.42 Å². The summed E-state index contributed by atoms with van der Waals surface area (Å²) in [6, 6.07) is 23.0. The SMILES string of the molecule is CS(=O)(=O)N(Cc1ccc(C(=O)Nc2ccc(Cc3ccncc3)cc2)cc1)c1ccc(Cl)cc1Cl. The summed E-state index contributed by atoms with van der Waals surface area (Å²) < 4.78 is 26.1. The average Bonchev–Trinajstić information content (AvgIpc) is 2.84. The Morgan fingerprint density at radius 1 is 0.861 bits per heavy atom. The third kappa shape index (κ3) is 6.63. The largest absolute Gasteiger partial charge is 0.322 e. The lowest BCUT2D eigenvalue weighted by Gasteiger charge is -2.23. The van der Waals surface area contributed by atoms with Crippen LogP contribution in [0.2, 0.25) is 10.0 Å². The molecule has 9 heteroatoms. The quantitative estimate of drug-likeness (QED) is 0.289. The van der Waals surface area contributed by atoms with Crippen LogP contribution in [-0.2, 0) is 23.0 Å². The number of rotatable bonds is 8. The van der Waals surface area contributed by atoms with Crippen LogP contribution in [0.1, 0.15) is 27.0 Å². The minimum atomic E-state index is -3.62. The maximum Gasteiger partial charge on any atom is 0.255 e. The summed E-state index contributed by atoms with van der Waals surface area (Å²) in [5, 5.41) is 3.53. The number of carbonyl (C=O) groups excluding carboxylic acids is 1. The Morgan fingerprint density at radius 2 is 1.47 bits per heavy atom. The first-order chi connectivity index (χ1) is 17.2. The van der Waals surface area contributed by atoms with Crippen LogP contribution in [0.15, 0.2) is 91.3 Å². The normalized spacial score (nSPS) is 11.2. The van der Waals surface area contributed by atoms with Crippen molar-refractivity contribution in [2.45, 2.75) is 13.0 Å². The highest BCUT2D eigenvalue weighted by atomic mass is 35.5. The third-order valence-electron chi connectivity index (χ3n) is 5.49. The summed E-state index contributed by atoms with van der Waals surface area (Å²) in [7, 11) is -3.62. The van der Waals surface area contributed by atoms with Crippen LogP contribution in [0, 0.1) is 0 Å². The molecule has 0 spiro atoms. The van der Waals surface area contributed by atoms with Crippen LogP contribution in [0.4, 0.5) is 11.4 Å². The predicted octanol–water partition coefficient (Wildman–Crippen LogP) is 6.20. The Bertz CT molecular complexity index is 1460. The van der Waals surface area contributed by atoms with Crippen LogP contribution >= 0.6 is 23.2 Å². The van der Waals surface area contributed by atoms with Gasteiger partial charge in [-0.1, -0.05) is 47.5 Å². The van der Waals surface area contributed by atoms with Gasteiger partial charge < -0.3 is 5.32 Å². The second kappa shape index (κ2) is 11.1. The molecule has 0 atom stereocenters. The van der Waals surface area contributed by atoms with Gasteiger partial charge in [-0.2, -0.15) is 0 Å². The summed E-state index contributed by atoms with van der Waals surface area (Å²) in [6.07, 6.45) is 5.42. The smallest absolute Gasteiger partial charge is 0.255 e. The second-order valence-electron chi connectivity index (χ2n) is 8.25. The first-order valence-electron chi connectivity index (χ1n) is 11.0. The van der Waals surface area contributed by atoms with Crippen molar-refractivity contribution in [3.05, 3.63) is 124 Å². The van der Waals surface area contributed by atoms with E-state index in [9.17, 15) is 13.2 Å². The first-order valence-corrected chi connectivity index (χ1v) is 13.6. The van der Waals surface area contributed by atoms with E-state index in [1.165, 1.54) is 10.4 Å². The number of halogens is 2. The molecular formula is C27H23Cl2N3O3S. The van der Waals surface area contributed by atoms with Crippen molar-refractivity contribution in [3.63, 3.8) is 0 Å². The molecule has 1 aromatic heterocycles. The standard InChI is InChI=1S/C27H23Cl2N3O3S/c1-36(34,35)32(26-11-8-23(28)17-25(26)29)18-21-2-6-22(7-3-21)27(33)31-24-9-4-19(5-10-24)16-20-12-14-30-15-13-20/h2-15,17H,16,18H2,1H3,(H,31,33). The van der Waals surface area contributed by atoms with E-state index in [4.69, 9.17) is 23.2 Å². The Labute approximate surface area is 220 Å². The molecule has 184 valence electrons. The van der Waals surface area contributed by atoms with E-state index in [0.29, 0.717) is 27.5 Å². The van der Waals surface area contributed by atoms with Crippen molar-refractivity contribution in [2.24, 2.45) is 0 Å². The van der Waals surface area contributed by atoms with Gasteiger partial charge in [0.25, 0.3) is 5.91 Å². The summed E-state index contributed by atoms with van der Waals surface area (Å²) >= 11 is 12.2. The van der Waals surface area contributed by atoms with Crippen LogP contribution in [0.5, 0.6) is 0 Å². The van der Waals surface area contributed by atoms with Crippen molar-refractivity contribution < 1.29 is 13.2 Å². The lowest BCUT2D eigenvalue weighted by molar-refractivity contribution is 0.102. The molecule has 1 N–H and O–H groups in total. The number of hydrogen-bond acceptors (Lipinski definition) is 4. The maximum atomic E-state index is 12.7.